The summed E-state index contributed by atoms with van der Waals surface area (Å²) in [6.45, 7) is 0.891. The molecule has 0 spiro atoms. The van der Waals surface area contributed by atoms with Gasteiger partial charge in [0.2, 0.25) is 0 Å². The van der Waals surface area contributed by atoms with Gasteiger partial charge in [0.25, 0.3) is 0 Å². The van der Waals surface area contributed by atoms with E-state index in [2.05, 4.69) is 15.3 Å². The Bertz CT molecular complexity index is 1150. The predicted octanol–water partition coefficient (Wildman–Crippen LogP) is 4.25. The molecule has 4 atom stereocenters. The van der Waals surface area contributed by atoms with Crippen molar-refractivity contribution in [1.82, 2.24) is 9.97 Å². The number of hydrogen-bond donors (Lipinski definition) is 1. The number of methoxy groups -OCH3 is 2. The normalized spacial score (nSPS) is 24.5. The average Bonchev–Trinajstić information content (AvgIpc) is 3.39. The molecule has 168 valence electrons. The molecule has 8 nitrogen and oxygen atoms in total. The van der Waals surface area contributed by atoms with E-state index >= 15 is 0 Å². The van der Waals surface area contributed by atoms with Gasteiger partial charge in [-0.05, 0) is 24.3 Å². The monoisotopic (exact) mass is 477 g/mol. The van der Waals surface area contributed by atoms with E-state index < -0.39 is 0 Å². The van der Waals surface area contributed by atoms with Gasteiger partial charge < -0.3 is 29.0 Å². The quantitative estimate of drug-likeness (QED) is 0.563. The maximum absolute atomic E-state index is 6.26. The number of rotatable bonds is 6. The van der Waals surface area contributed by atoms with Crippen molar-refractivity contribution < 1.29 is 23.7 Å². The van der Waals surface area contributed by atoms with Gasteiger partial charge in [-0.15, -0.1) is 0 Å². The minimum atomic E-state index is -0.276. The molecule has 32 heavy (non-hydrogen) atoms. The summed E-state index contributed by atoms with van der Waals surface area (Å²) in [5.74, 6) is 1.71. The van der Waals surface area contributed by atoms with Crippen molar-refractivity contribution in [2.24, 2.45) is 0 Å². The number of anilines is 2. The Balaban J connectivity index is 1.43. The molecule has 0 radical (unpaired) electrons. The molecule has 10 heteroatoms. The van der Waals surface area contributed by atoms with Crippen molar-refractivity contribution in [2.45, 2.75) is 24.4 Å². The Morgan fingerprint density at radius 1 is 0.938 bits per heavy atom. The fraction of sp³-hybridized carbons (Fsp3) is 0.364. The lowest BCUT2D eigenvalue weighted by molar-refractivity contribution is -0.0140. The molecule has 2 saturated heterocycles. The summed E-state index contributed by atoms with van der Waals surface area (Å²) in [6, 6.07) is 8.94. The second-order valence-corrected chi connectivity index (χ2v) is 8.34. The summed E-state index contributed by atoms with van der Waals surface area (Å²) in [5, 5.41) is 4.95. The van der Waals surface area contributed by atoms with E-state index in [4.69, 9.17) is 46.9 Å². The Hall–Kier alpha value is -2.36. The number of benzene rings is 2. The third-order valence-corrected chi connectivity index (χ3v) is 6.39. The number of fused-ring (bicyclic) bond motifs is 2. The highest BCUT2D eigenvalue weighted by Gasteiger charge is 2.49. The zero-order valence-electron chi connectivity index (χ0n) is 17.4. The maximum atomic E-state index is 6.26. The lowest BCUT2D eigenvalue weighted by atomic mass is 10.1. The molecule has 1 aromatic heterocycles. The van der Waals surface area contributed by atoms with Crippen molar-refractivity contribution >= 4 is 45.6 Å². The number of aromatic nitrogens is 2. The smallest absolute Gasteiger partial charge is 0.164 e. The molecule has 0 saturated carbocycles. The molecule has 0 amide bonds. The molecular weight excluding hydrogens is 457 g/mol. The van der Waals surface area contributed by atoms with Crippen LogP contribution in [0.5, 0.6) is 11.5 Å². The van der Waals surface area contributed by atoms with Crippen LogP contribution in [0.1, 0.15) is 0 Å². The highest BCUT2D eigenvalue weighted by Crippen LogP contribution is 2.38. The molecule has 2 aliphatic heterocycles. The molecule has 3 aromatic rings. The lowest BCUT2D eigenvalue weighted by Crippen LogP contribution is -2.35. The number of nitrogens with one attached hydrogen (secondary N) is 1. The molecule has 0 unspecified atom stereocenters. The largest absolute Gasteiger partial charge is 0.493 e. The van der Waals surface area contributed by atoms with E-state index in [9.17, 15) is 0 Å². The second kappa shape index (κ2) is 8.88. The molecule has 5 rings (SSSR count). The van der Waals surface area contributed by atoms with E-state index in [1.54, 1.807) is 26.4 Å². The predicted molar refractivity (Wildman–Crippen MR) is 121 cm³/mol. The van der Waals surface area contributed by atoms with Gasteiger partial charge in [0.05, 0.1) is 35.9 Å². The maximum Gasteiger partial charge on any atom is 0.164 e. The van der Waals surface area contributed by atoms with E-state index in [1.807, 2.05) is 18.2 Å². The Morgan fingerprint density at radius 3 is 2.47 bits per heavy atom. The first-order chi connectivity index (χ1) is 15.6. The third-order valence-electron chi connectivity index (χ3n) is 5.65. The molecule has 0 bridgehead atoms. The van der Waals surface area contributed by atoms with Gasteiger partial charge in [0.1, 0.15) is 30.5 Å². The van der Waals surface area contributed by atoms with Crippen LogP contribution in [0, 0.1) is 0 Å². The van der Waals surface area contributed by atoms with Gasteiger partial charge in [0.15, 0.2) is 17.6 Å². The summed E-state index contributed by atoms with van der Waals surface area (Å²) in [5.41, 5.74) is 1.44. The summed E-state index contributed by atoms with van der Waals surface area (Å²) in [4.78, 5) is 8.78. The summed E-state index contributed by atoms with van der Waals surface area (Å²) in [7, 11) is 3.24. The van der Waals surface area contributed by atoms with Crippen LogP contribution in [-0.4, -0.2) is 61.8 Å². The van der Waals surface area contributed by atoms with Crippen LogP contribution >= 0.6 is 23.2 Å². The topological polar surface area (TPSA) is 84.0 Å². The van der Waals surface area contributed by atoms with Crippen molar-refractivity contribution in [3.63, 3.8) is 0 Å². The van der Waals surface area contributed by atoms with Crippen molar-refractivity contribution in [3.05, 3.63) is 46.7 Å². The van der Waals surface area contributed by atoms with Crippen molar-refractivity contribution in [2.75, 3.05) is 32.8 Å². The third kappa shape index (κ3) is 3.93. The first-order valence-electron chi connectivity index (χ1n) is 10.0. The zero-order chi connectivity index (χ0) is 22.2. The molecular formula is C22H21Cl2N3O5. The molecule has 1 N–H and O–H groups in total. The van der Waals surface area contributed by atoms with Gasteiger partial charge in [-0.3, -0.25) is 0 Å². The minimum Gasteiger partial charge on any atom is -0.493 e. The molecule has 3 heterocycles. The van der Waals surface area contributed by atoms with Crippen molar-refractivity contribution in [1.29, 1.82) is 0 Å². The van der Waals surface area contributed by atoms with Crippen LogP contribution < -0.4 is 14.8 Å². The first-order valence-corrected chi connectivity index (χ1v) is 10.8. The molecule has 0 aliphatic carbocycles. The standard InChI is InChI=1S/C22H21Cl2N3O5/c1-28-16-6-12-15(25-10-26-22(12)27-11-3-4-13(23)14(24)5-11)7-17(16)32-19-9-31-20-18(29-2)8-30-21(19)20/h3-7,10,18-21H,8-9H2,1-2H3,(H,25,26,27)/t18-,19+,20-,21+/m0/s1. The van der Waals surface area contributed by atoms with Crippen LogP contribution in [0.15, 0.2) is 36.7 Å². The van der Waals surface area contributed by atoms with Gasteiger partial charge >= 0.3 is 0 Å². The summed E-state index contributed by atoms with van der Waals surface area (Å²) < 4.78 is 29.0. The minimum absolute atomic E-state index is 0.0881. The van der Waals surface area contributed by atoms with Gasteiger partial charge in [-0.2, -0.15) is 0 Å². The van der Waals surface area contributed by atoms with Gasteiger partial charge in [-0.1, -0.05) is 23.2 Å². The summed E-state index contributed by atoms with van der Waals surface area (Å²) in [6.07, 6.45) is 0.784. The number of hydrogen-bond acceptors (Lipinski definition) is 8. The number of halogens is 2. The Morgan fingerprint density at radius 2 is 1.72 bits per heavy atom. The fourth-order valence-electron chi connectivity index (χ4n) is 4.02. The van der Waals surface area contributed by atoms with E-state index in [0.29, 0.717) is 46.1 Å². The second-order valence-electron chi connectivity index (χ2n) is 7.52. The Labute approximate surface area is 194 Å². The van der Waals surface area contributed by atoms with Crippen LogP contribution in [0.25, 0.3) is 10.9 Å². The van der Waals surface area contributed by atoms with Gasteiger partial charge in [-0.25, -0.2) is 9.97 Å². The van der Waals surface area contributed by atoms with E-state index in [1.165, 1.54) is 6.33 Å². The lowest BCUT2D eigenvalue weighted by Gasteiger charge is -2.20. The SMILES string of the molecule is COc1cc2c(Nc3ccc(Cl)c(Cl)c3)ncnc2cc1O[C@@H]1CO[C@@H]2[C@@H]1OC[C@@H]2OC. The highest BCUT2D eigenvalue weighted by molar-refractivity contribution is 6.42. The number of ether oxygens (including phenoxy) is 5. The van der Waals surface area contributed by atoms with Crippen LogP contribution in [0.2, 0.25) is 10.0 Å². The zero-order valence-corrected chi connectivity index (χ0v) is 18.9. The highest BCUT2D eigenvalue weighted by atomic mass is 35.5. The van der Waals surface area contributed by atoms with E-state index in [-0.39, 0.29) is 24.4 Å². The average molecular weight is 478 g/mol. The number of nitrogens with zero attached hydrogens (tertiary/aromatic N) is 2. The first kappa shape index (κ1) is 21.5. The van der Waals surface area contributed by atoms with Gasteiger partial charge in [0, 0.05) is 24.2 Å². The van der Waals surface area contributed by atoms with Crippen LogP contribution in [-0.2, 0) is 14.2 Å². The van der Waals surface area contributed by atoms with E-state index in [0.717, 1.165) is 11.1 Å². The summed E-state index contributed by atoms with van der Waals surface area (Å²) >= 11 is 12.1. The fourth-order valence-corrected chi connectivity index (χ4v) is 4.32. The molecule has 2 aromatic carbocycles. The van der Waals surface area contributed by atoms with Crippen molar-refractivity contribution in [3.8, 4) is 11.5 Å². The van der Waals surface area contributed by atoms with Crippen LogP contribution in [0.3, 0.4) is 0 Å². The molecule has 2 fully saturated rings. The Kier molecular flexibility index (Phi) is 5.96. The molecule has 2 aliphatic rings. The van der Waals surface area contributed by atoms with Crippen LogP contribution in [0.4, 0.5) is 11.5 Å².